The fourth-order valence-corrected chi connectivity index (χ4v) is 3.48. The van der Waals surface area contributed by atoms with Crippen LogP contribution in [0.3, 0.4) is 0 Å². The minimum atomic E-state index is 0.922. The first-order valence-corrected chi connectivity index (χ1v) is 6.57. The Kier molecular flexibility index (Phi) is 3.48. The maximum atomic E-state index is 2.83. The van der Waals surface area contributed by atoms with E-state index in [-0.39, 0.29) is 0 Å². The maximum absolute atomic E-state index is 2.83. The van der Waals surface area contributed by atoms with E-state index in [9.17, 15) is 0 Å². The van der Waals surface area contributed by atoms with E-state index in [4.69, 9.17) is 0 Å². The summed E-state index contributed by atoms with van der Waals surface area (Å²) in [4.78, 5) is 2.83. The molecular formula is C13H25N. The van der Waals surface area contributed by atoms with E-state index in [0.717, 1.165) is 18.0 Å². The van der Waals surface area contributed by atoms with Gasteiger partial charge in [0, 0.05) is 12.1 Å². The van der Waals surface area contributed by atoms with Crippen molar-refractivity contribution >= 4 is 0 Å². The fourth-order valence-electron chi connectivity index (χ4n) is 3.48. The summed E-state index contributed by atoms with van der Waals surface area (Å²) in [5, 5.41) is 0. The third-order valence-corrected chi connectivity index (χ3v) is 4.27. The SMILES string of the molecule is CCC1CCCN1C1CCCC(C)C1. The van der Waals surface area contributed by atoms with E-state index in [2.05, 4.69) is 18.7 Å². The van der Waals surface area contributed by atoms with Crippen LogP contribution >= 0.6 is 0 Å². The molecular weight excluding hydrogens is 170 g/mol. The van der Waals surface area contributed by atoms with Crippen LogP contribution in [0, 0.1) is 5.92 Å². The molecule has 14 heavy (non-hydrogen) atoms. The second kappa shape index (κ2) is 4.65. The highest BCUT2D eigenvalue weighted by atomic mass is 15.2. The van der Waals surface area contributed by atoms with Crippen molar-refractivity contribution < 1.29 is 0 Å². The molecule has 0 aromatic heterocycles. The molecule has 0 radical (unpaired) electrons. The molecule has 2 fully saturated rings. The Balaban J connectivity index is 1.92. The lowest BCUT2D eigenvalue weighted by Crippen LogP contribution is -2.41. The zero-order valence-electron chi connectivity index (χ0n) is 9.84. The summed E-state index contributed by atoms with van der Waals surface area (Å²) >= 11 is 0. The molecule has 1 heterocycles. The molecule has 0 N–H and O–H groups in total. The maximum Gasteiger partial charge on any atom is 0.0101 e. The average molecular weight is 195 g/mol. The van der Waals surface area contributed by atoms with Crippen molar-refractivity contribution in [2.75, 3.05) is 6.54 Å². The Morgan fingerprint density at radius 3 is 2.71 bits per heavy atom. The zero-order chi connectivity index (χ0) is 9.97. The summed E-state index contributed by atoms with van der Waals surface area (Å²) in [6.45, 7) is 6.17. The van der Waals surface area contributed by atoms with Gasteiger partial charge in [0.2, 0.25) is 0 Å². The van der Waals surface area contributed by atoms with Crippen LogP contribution in [0.2, 0.25) is 0 Å². The van der Waals surface area contributed by atoms with E-state index < -0.39 is 0 Å². The van der Waals surface area contributed by atoms with Crippen LogP contribution in [-0.4, -0.2) is 23.5 Å². The van der Waals surface area contributed by atoms with Gasteiger partial charge >= 0.3 is 0 Å². The first-order valence-electron chi connectivity index (χ1n) is 6.57. The molecule has 0 aromatic carbocycles. The van der Waals surface area contributed by atoms with Crippen LogP contribution in [0.1, 0.15) is 58.8 Å². The second-order valence-electron chi connectivity index (χ2n) is 5.37. The molecule has 1 saturated heterocycles. The summed E-state index contributed by atoms with van der Waals surface area (Å²) in [5.41, 5.74) is 0. The molecule has 1 aliphatic heterocycles. The van der Waals surface area contributed by atoms with Crippen LogP contribution in [0.25, 0.3) is 0 Å². The van der Waals surface area contributed by atoms with Gasteiger partial charge in [-0.2, -0.15) is 0 Å². The van der Waals surface area contributed by atoms with Crippen LogP contribution in [0.4, 0.5) is 0 Å². The van der Waals surface area contributed by atoms with Crippen molar-refractivity contribution in [3.63, 3.8) is 0 Å². The van der Waals surface area contributed by atoms with Crippen molar-refractivity contribution in [1.82, 2.24) is 4.90 Å². The molecule has 0 bridgehead atoms. The zero-order valence-corrected chi connectivity index (χ0v) is 9.84. The lowest BCUT2D eigenvalue weighted by Gasteiger charge is -2.37. The largest absolute Gasteiger partial charge is 0.297 e. The smallest absolute Gasteiger partial charge is 0.0101 e. The minimum absolute atomic E-state index is 0.922. The van der Waals surface area contributed by atoms with Crippen LogP contribution in [0.5, 0.6) is 0 Å². The van der Waals surface area contributed by atoms with Crippen molar-refractivity contribution in [3.8, 4) is 0 Å². The number of hydrogen-bond acceptors (Lipinski definition) is 1. The van der Waals surface area contributed by atoms with Gasteiger partial charge in [0.1, 0.15) is 0 Å². The Hall–Kier alpha value is -0.0400. The van der Waals surface area contributed by atoms with Crippen LogP contribution in [0.15, 0.2) is 0 Å². The normalized spacial score (nSPS) is 40.3. The molecule has 0 aromatic rings. The van der Waals surface area contributed by atoms with Crippen molar-refractivity contribution in [2.45, 2.75) is 70.9 Å². The van der Waals surface area contributed by atoms with Gasteiger partial charge in [-0.15, -0.1) is 0 Å². The van der Waals surface area contributed by atoms with Gasteiger partial charge in [-0.1, -0.05) is 26.7 Å². The summed E-state index contributed by atoms with van der Waals surface area (Å²) in [6, 6.07) is 1.86. The van der Waals surface area contributed by atoms with E-state index >= 15 is 0 Å². The highest BCUT2D eigenvalue weighted by molar-refractivity contribution is 4.86. The standard InChI is InChI=1S/C13H25N/c1-3-12-8-5-9-14(12)13-7-4-6-11(2)10-13/h11-13H,3-10H2,1-2H3. The van der Waals surface area contributed by atoms with Gasteiger partial charge in [0.25, 0.3) is 0 Å². The van der Waals surface area contributed by atoms with E-state index in [1.807, 2.05) is 0 Å². The number of rotatable bonds is 2. The second-order valence-corrected chi connectivity index (χ2v) is 5.37. The Labute approximate surface area is 88.9 Å². The molecule has 1 aliphatic carbocycles. The Morgan fingerprint density at radius 2 is 2.00 bits per heavy atom. The fraction of sp³-hybridized carbons (Fsp3) is 1.00. The molecule has 1 heteroatoms. The topological polar surface area (TPSA) is 3.24 Å². The van der Waals surface area contributed by atoms with Gasteiger partial charge in [0.05, 0.1) is 0 Å². The van der Waals surface area contributed by atoms with Gasteiger partial charge in [0.15, 0.2) is 0 Å². The minimum Gasteiger partial charge on any atom is -0.297 e. The van der Waals surface area contributed by atoms with Gasteiger partial charge in [-0.25, -0.2) is 0 Å². The molecule has 2 rings (SSSR count). The van der Waals surface area contributed by atoms with Gasteiger partial charge < -0.3 is 0 Å². The highest BCUT2D eigenvalue weighted by Crippen LogP contribution is 2.32. The molecule has 0 amide bonds. The van der Waals surface area contributed by atoms with Crippen molar-refractivity contribution in [1.29, 1.82) is 0 Å². The predicted molar refractivity (Wildman–Crippen MR) is 61.4 cm³/mol. The molecule has 3 atom stereocenters. The number of nitrogens with zero attached hydrogens (tertiary/aromatic N) is 1. The Morgan fingerprint density at radius 1 is 1.14 bits per heavy atom. The monoisotopic (exact) mass is 195 g/mol. The van der Waals surface area contributed by atoms with E-state index in [0.29, 0.717) is 0 Å². The first-order chi connectivity index (χ1) is 6.81. The lowest BCUT2D eigenvalue weighted by molar-refractivity contribution is 0.120. The van der Waals surface area contributed by atoms with E-state index in [1.165, 1.54) is 51.5 Å². The average Bonchev–Trinajstić information content (AvgIpc) is 2.65. The van der Waals surface area contributed by atoms with Crippen LogP contribution < -0.4 is 0 Å². The molecule has 3 unspecified atom stereocenters. The first kappa shape index (κ1) is 10.5. The quantitative estimate of drug-likeness (QED) is 0.652. The third kappa shape index (κ3) is 2.13. The van der Waals surface area contributed by atoms with Crippen molar-refractivity contribution in [3.05, 3.63) is 0 Å². The summed E-state index contributed by atoms with van der Waals surface area (Å²) in [6.07, 6.45) is 10.2. The predicted octanol–water partition coefficient (Wildman–Crippen LogP) is 3.44. The molecule has 2 aliphatic rings. The van der Waals surface area contributed by atoms with Crippen molar-refractivity contribution in [2.24, 2.45) is 5.92 Å². The molecule has 0 spiro atoms. The van der Waals surface area contributed by atoms with Gasteiger partial charge in [-0.3, -0.25) is 4.90 Å². The third-order valence-electron chi connectivity index (χ3n) is 4.27. The molecule has 1 nitrogen and oxygen atoms in total. The van der Waals surface area contributed by atoms with Gasteiger partial charge in [-0.05, 0) is 44.6 Å². The highest BCUT2D eigenvalue weighted by Gasteiger charge is 2.31. The number of likely N-dealkylation sites (tertiary alicyclic amines) is 1. The molecule has 1 saturated carbocycles. The summed E-state index contributed by atoms with van der Waals surface area (Å²) < 4.78 is 0. The Bertz CT molecular complexity index is 178. The summed E-state index contributed by atoms with van der Waals surface area (Å²) in [7, 11) is 0. The summed E-state index contributed by atoms with van der Waals surface area (Å²) in [5.74, 6) is 0.979. The lowest BCUT2D eigenvalue weighted by atomic mass is 9.86. The molecule has 82 valence electrons. The van der Waals surface area contributed by atoms with Crippen LogP contribution in [-0.2, 0) is 0 Å². The van der Waals surface area contributed by atoms with E-state index in [1.54, 1.807) is 0 Å². The number of hydrogen-bond donors (Lipinski definition) is 0.